The monoisotopic (exact) mass is 264 g/mol. The minimum absolute atomic E-state index is 0.0158. The summed E-state index contributed by atoms with van der Waals surface area (Å²) in [5, 5.41) is 13.6. The minimum Gasteiger partial charge on any atom is -0.396 e. The molecule has 104 valence electrons. The molecule has 5 heteroatoms. The molecule has 0 atom stereocenters. The Kier molecular flexibility index (Phi) is 6.02. The van der Waals surface area contributed by atoms with Crippen molar-refractivity contribution >= 4 is 17.5 Å². The second kappa shape index (κ2) is 7.53. The van der Waals surface area contributed by atoms with Crippen molar-refractivity contribution in [1.82, 2.24) is 5.32 Å². The third-order valence-electron chi connectivity index (χ3n) is 2.66. The zero-order valence-corrected chi connectivity index (χ0v) is 11.3. The molecule has 1 aromatic carbocycles. The van der Waals surface area contributed by atoms with Crippen molar-refractivity contribution < 1.29 is 14.7 Å². The van der Waals surface area contributed by atoms with E-state index in [4.69, 9.17) is 5.11 Å². The molecule has 0 unspecified atom stereocenters. The van der Waals surface area contributed by atoms with Gasteiger partial charge in [0.25, 0.3) is 0 Å². The molecule has 0 saturated heterocycles. The predicted molar refractivity (Wildman–Crippen MR) is 73.9 cm³/mol. The van der Waals surface area contributed by atoms with Crippen molar-refractivity contribution in [2.24, 2.45) is 0 Å². The number of anilines is 1. The van der Waals surface area contributed by atoms with Gasteiger partial charge in [0.2, 0.25) is 0 Å². The van der Waals surface area contributed by atoms with Gasteiger partial charge < -0.3 is 15.7 Å². The zero-order valence-electron chi connectivity index (χ0n) is 11.3. The number of hydrogen-bond acceptors (Lipinski definition) is 3. The topological polar surface area (TPSA) is 78.4 Å². The number of amides is 2. The quantitative estimate of drug-likeness (QED) is 0.553. The molecule has 0 aliphatic carbocycles. The fourth-order valence-electron chi connectivity index (χ4n) is 1.65. The Morgan fingerprint density at radius 3 is 2.53 bits per heavy atom. The summed E-state index contributed by atoms with van der Waals surface area (Å²) >= 11 is 0. The molecule has 0 bridgehead atoms. The second-order valence-electron chi connectivity index (χ2n) is 4.53. The summed E-state index contributed by atoms with van der Waals surface area (Å²) < 4.78 is 0. The lowest BCUT2D eigenvalue weighted by Crippen LogP contribution is -2.36. The van der Waals surface area contributed by atoms with Crippen LogP contribution in [0.1, 0.15) is 31.7 Å². The summed E-state index contributed by atoms with van der Waals surface area (Å²) in [7, 11) is 0. The van der Waals surface area contributed by atoms with Crippen molar-refractivity contribution in [3.8, 4) is 0 Å². The molecule has 0 radical (unpaired) electrons. The highest BCUT2D eigenvalue weighted by molar-refractivity contribution is 6.39. The minimum atomic E-state index is -0.689. The van der Waals surface area contributed by atoms with Gasteiger partial charge in [-0.05, 0) is 24.0 Å². The number of para-hydroxylation sites is 1. The molecule has 1 aromatic rings. The highest BCUT2D eigenvalue weighted by atomic mass is 16.3. The highest BCUT2D eigenvalue weighted by Gasteiger charge is 2.15. The van der Waals surface area contributed by atoms with Crippen LogP contribution in [0.15, 0.2) is 24.3 Å². The van der Waals surface area contributed by atoms with Crippen molar-refractivity contribution in [3.05, 3.63) is 29.8 Å². The molecular formula is C14H20N2O3. The lowest BCUT2D eigenvalue weighted by molar-refractivity contribution is -0.136. The van der Waals surface area contributed by atoms with Gasteiger partial charge >= 0.3 is 11.8 Å². The van der Waals surface area contributed by atoms with E-state index in [-0.39, 0.29) is 19.1 Å². The Morgan fingerprint density at radius 1 is 1.21 bits per heavy atom. The van der Waals surface area contributed by atoms with E-state index >= 15 is 0 Å². The van der Waals surface area contributed by atoms with E-state index in [2.05, 4.69) is 10.6 Å². The van der Waals surface area contributed by atoms with Crippen LogP contribution in [-0.4, -0.2) is 30.1 Å². The van der Waals surface area contributed by atoms with Crippen LogP contribution in [0.5, 0.6) is 0 Å². The summed E-state index contributed by atoms with van der Waals surface area (Å²) in [5.41, 5.74) is 1.64. The molecule has 2 amide bonds. The number of aliphatic hydroxyl groups is 1. The SMILES string of the molecule is CC(C)c1ccccc1NC(=O)C(=O)NCCCO. The first-order valence-electron chi connectivity index (χ1n) is 6.35. The van der Waals surface area contributed by atoms with Crippen molar-refractivity contribution in [2.45, 2.75) is 26.2 Å². The number of aliphatic hydroxyl groups excluding tert-OH is 1. The van der Waals surface area contributed by atoms with E-state index in [9.17, 15) is 9.59 Å². The molecular weight excluding hydrogens is 244 g/mol. The first-order valence-corrected chi connectivity index (χ1v) is 6.35. The maximum absolute atomic E-state index is 11.7. The van der Waals surface area contributed by atoms with Gasteiger partial charge in [0.15, 0.2) is 0 Å². The third-order valence-corrected chi connectivity index (χ3v) is 2.66. The average Bonchev–Trinajstić information content (AvgIpc) is 2.39. The second-order valence-corrected chi connectivity index (χ2v) is 4.53. The van der Waals surface area contributed by atoms with E-state index in [0.717, 1.165) is 5.56 Å². The number of hydrogen-bond donors (Lipinski definition) is 3. The molecule has 0 spiro atoms. The van der Waals surface area contributed by atoms with Gasteiger partial charge in [0.1, 0.15) is 0 Å². The van der Waals surface area contributed by atoms with Gasteiger partial charge in [-0.1, -0.05) is 32.0 Å². The summed E-state index contributed by atoms with van der Waals surface area (Å²) in [4.78, 5) is 23.2. The van der Waals surface area contributed by atoms with Gasteiger partial charge in [0, 0.05) is 18.8 Å². The van der Waals surface area contributed by atoms with Crippen molar-refractivity contribution in [2.75, 3.05) is 18.5 Å². The van der Waals surface area contributed by atoms with Gasteiger partial charge in [-0.25, -0.2) is 0 Å². The number of nitrogens with one attached hydrogen (secondary N) is 2. The van der Waals surface area contributed by atoms with Crippen LogP contribution >= 0.6 is 0 Å². The maximum Gasteiger partial charge on any atom is 0.313 e. The van der Waals surface area contributed by atoms with E-state index < -0.39 is 11.8 Å². The molecule has 0 aromatic heterocycles. The molecule has 0 aliphatic rings. The lowest BCUT2D eigenvalue weighted by atomic mass is 10.0. The smallest absolute Gasteiger partial charge is 0.313 e. The number of benzene rings is 1. The first-order chi connectivity index (χ1) is 9.06. The van der Waals surface area contributed by atoms with Gasteiger partial charge in [0.05, 0.1) is 0 Å². The highest BCUT2D eigenvalue weighted by Crippen LogP contribution is 2.23. The van der Waals surface area contributed by atoms with Gasteiger partial charge in [-0.15, -0.1) is 0 Å². The Bertz CT molecular complexity index is 444. The van der Waals surface area contributed by atoms with E-state index in [0.29, 0.717) is 12.1 Å². The predicted octanol–water partition coefficient (Wildman–Crippen LogP) is 1.25. The molecule has 3 N–H and O–H groups in total. The zero-order chi connectivity index (χ0) is 14.3. The molecule has 0 saturated carbocycles. The lowest BCUT2D eigenvalue weighted by Gasteiger charge is -2.13. The van der Waals surface area contributed by atoms with Crippen molar-refractivity contribution in [3.63, 3.8) is 0 Å². The van der Waals surface area contributed by atoms with Crippen LogP contribution in [0, 0.1) is 0 Å². The van der Waals surface area contributed by atoms with Gasteiger partial charge in [-0.3, -0.25) is 9.59 Å². The third kappa shape index (κ3) is 4.71. The van der Waals surface area contributed by atoms with Crippen LogP contribution < -0.4 is 10.6 Å². The van der Waals surface area contributed by atoms with Gasteiger partial charge in [-0.2, -0.15) is 0 Å². The Morgan fingerprint density at radius 2 is 1.89 bits per heavy atom. The molecule has 5 nitrogen and oxygen atoms in total. The fraction of sp³-hybridized carbons (Fsp3) is 0.429. The van der Waals surface area contributed by atoms with Crippen LogP contribution in [0.4, 0.5) is 5.69 Å². The maximum atomic E-state index is 11.7. The summed E-state index contributed by atoms with van der Waals surface area (Å²) in [6.07, 6.45) is 0.432. The van der Waals surface area contributed by atoms with E-state index in [1.807, 2.05) is 32.0 Å². The van der Waals surface area contributed by atoms with E-state index in [1.54, 1.807) is 6.07 Å². The van der Waals surface area contributed by atoms with Crippen LogP contribution in [0.3, 0.4) is 0 Å². The van der Waals surface area contributed by atoms with E-state index in [1.165, 1.54) is 0 Å². The average molecular weight is 264 g/mol. The molecule has 0 aliphatic heterocycles. The largest absolute Gasteiger partial charge is 0.396 e. The first kappa shape index (κ1) is 15.2. The van der Waals surface area contributed by atoms with Crippen molar-refractivity contribution in [1.29, 1.82) is 0 Å². The van der Waals surface area contributed by atoms with Crippen LogP contribution in [0.2, 0.25) is 0 Å². The molecule has 0 fully saturated rings. The summed E-state index contributed by atoms with van der Waals surface area (Å²) in [5.74, 6) is -1.12. The van der Waals surface area contributed by atoms with Crippen LogP contribution in [-0.2, 0) is 9.59 Å². The summed E-state index contributed by atoms with van der Waals surface area (Å²) in [6.45, 7) is 4.31. The Hall–Kier alpha value is -1.88. The molecule has 1 rings (SSSR count). The Balaban J connectivity index is 2.64. The number of carbonyl (C=O) groups is 2. The Labute approximate surface area is 113 Å². The number of carbonyl (C=O) groups excluding carboxylic acids is 2. The summed E-state index contributed by atoms with van der Waals surface area (Å²) in [6, 6.07) is 7.40. The normalized spacial score (nSPS) is 10.3. The standard InChI is InChI=1S/C14H20N2O3/c1-10(2)11-6-3-4-7-12(11)16-14(19)13(18)15-8-5-9-17/h3-4,6-7,10,17H,5,8-9H2,1-2H3,(H,15,18)(H,16,19). The molecule has 19 heavy (non-hydrogen) atoms. The number of rotatable bonds is 5. The van der Waals surface area contributed by atoms with Crippen LogP contribution in [0.25, 0.3) is 0 Å². The molecule has 0 heterocycles. The fourth-order valence-corrected chi connectivity index (χ4v) is 1.65.